The summed E-state index contributed by atoms with van der Waals surface area (Å²) in [5.74, 6) is -1.84. The molecular formula is C24H27F2N3O3. The number of carbonyl (C=O) groups is 3. The summed E-state index contributed by atoms with van der Waals surface area (Å²) in [5, 5.41) is 5.16. The van der Waals surface area contributed by atoms with Crippen LogP contribution in [0.3, 0.4) is 0 Å². The average molecular weight is 443 g/mol. The molecule has 2 aromatic rings. The fraction of sp³-hybridized carbons (Fsp3) is 0.375. The van der Waals surface area contributed by atoms with Crippen molar-refractivity contribution in [3.05, 3.63) is 52.3 Å². The standard InChI is InChI=1S/C24H27F2N3O3/c1-7-24(8-2,9-3)28-23(32)21(30)19-14(5)20(29(10-4)15(19)6)22(31)27-16-11-12-17(25)18(26)13-16/h1,11-13H,8-10H2,2-6H3,(H,27,31)(H,28,32). The lowest BCUT2D eigenvalue weighted by Crippen LogP contribution is -2.49. The number of amides is 2. The fourth-order valence-corrected chi connectivity index (χ4v) is 3.74. The molecule has 0 fully saturated rings. The van der Waals surface area contributed by atoms with Crippen molar-refractivity contribution in [3.63, 3.8) is 0 Å². The Kier molecular flexibility index (Phi) is 7.57. The maximum atomic E-state index is 13.5. The average Bonchev–Trinajstić information content (AvgIpc) is 3.03. The number of benzene rings is 1. The molecule has 2 amide bonds. The van der Waals surface area contributed by atoms with Crippen LogP contribution in [0.2, 0.25) is 0 Å². The molecule has 170 valence electrons. The Bertz CT molecular complexity index is 1110. The summed E-state index contributed by atoms with van der Waals surface area (Å²) in [6.45, 7) is 8.97. The molecule has 0 saturated carbocycles. The van der Waals surface area contributed by atoms with Crippen LogP contribution in [0.25, 0.3) is 0 Å². The number of hydrogen-bond acceptors (Lipinski definition) is 3. The predicted molar refractivity (Wildman–Crippen MR) is 119 cm³/mol. The summed E-state index contributed by atoms with van der Waals surface area (Å²) in [5.41, 5.74) is 0.140. The molecule has 2 rings (SSSR count). The van der Waals surface area contributed by atoms with Crippen LogP contribution in [0.4, 0.5) is 14.5 Å². The zero-order chi connectivity index (χ0) is 24.2. The Morgan fingerprint density at radius 1 is 1.09 bits per heavy atom. The van der Waals surface area contributed by atoms with Crippen molar-refractivity contribution in [1.29, 1.82) is 0 Å². The smallest absolute Gasteiger partial charge is 0.293 e. The van der Waals surface area contributed by atoms with Gasteiger partial charge in [-0.25, -0.2) is 8.78 Å². The Labute approximate surface area is 186 Å². The summed E-state index contributed by atoms with van der Waals surface area (Å²) >= 11 is 0. The number of rotatable bonds is 8. The highest BCUT2D eigenvalue weighted by Gasteiger charge is 2.33. The summed E-state index contributed by atoms with van der Waals surface area (Å²) in [6, 6.07) is 3.00. The number of terminal acetylenes is 1. The molecule has 1 aromatic carbocycles. The van der Waals surface area contributed by atoms with E-state index in [1.165, 1.54) is 6.07 Å². The maximum absolute atomic E-state index is 13.5. The van der Waals surface area contributed by atoms with Gasteiger partial charge < -0.3 is 15.2 Å². The van der Waals surface area contributed by atoms with Crippen LogP contribution >= 0.6 is 0 Å². The van der Waals surface area contributed by atoms with Gasteiger partial charge in [-0.3, -0.25) is 14.4 Å². The van der Waals surface area contributed by atoms with E-state index in [2.05, 4.69) is 16.6 Å². The molecule has 8 heteroatoms. The van der Waals surface area contributed by atoms with Gasteiger partial charge in [-0.15, -0.1) is 6.42 Å². The molecule has 32 heavy (non-hydrogen) atoms. The monoisotopic (exact) mass is 443 g/mol. The number of anilines is 1. The summed E-state index contributed by atoms with van der Waals surface area (Å²) < 4.78 is 28.3. The first kappa shape index (κ1) is 24.8. The molecule has 0 aliphatic carbocycles. The van der Waals surface area contributed by atoms with Crippen LogP contribution < -0.4 is 10.6 Å². The Hall–Kier alpha value is -3.47. The normalized spacial score (nSPS) is 11.1. The minimum atomic E-state index is -1.10. The molecule has 0 saturated heterocycles. The van der Waals surface area contributed by atoms with Crippen LogP contribution in [0, 0.1) is 37.8 Å². The second-order valence-electron chi connectivity index (χ2n) is 7.48. The highest BCUT2D eigenvalue weighted by molar-refractivity contribution is 6.44. The van der Waals surface area contributed by atoms with Crippen molar-refractivity contribution in [1.82, 2.24) is 9.88 Å². The van der Waals surface area contributed by atoms with Gasteiger partial charge in [0, 0.05) is 24.0 Å². The van der Waals surface area contributed by atoms with E-state index < -0.39 is 34.8 Å². The van der Waals surface area contributed by atoms with E-state index in [0.717, 1.165) is 12.1 Å². The van der Waals surface area contributed by atoms with Gasteiger partial charge in [-0.05, 0) is 51.3 Å². The molecule has 0 radical (unpaired) electrons. The van der Waals surface area contributed by atoms with E-state index in [1.54, 1.807) is 25.3 Å². The summed E-state index contributed by atoms with van der Waals surface area (Å²) in [6.07, 6.45) is 6.48. The molecular weight excluding hydrogens is 416 g/mol. The van der Waals surface area contributed by atoms with Gasteiger partial charge in [0.05, 0.1) is 5.56 Å². The number of Topliss-reactive ketones (excluding diaryl/α,β-unsaturated/α-hetero) is 1. The molecule has 6 nitrogen and oxygen atoms in total. The van der Waals surface area contributed by atoms with Crippen molar-refractivity contribution in [2.45, 2.75) is 59.5 Å². The third kappa shape index (κ3) is 4.57. The largest absolute Gasteiger partial charge is 0.340 e. The number of aromatic nitrogens is 1. The molecule has 2 N–H and O–H groups in total. The van der Waals surface area contributed by atoms with Gasteiger partial charge in [0.2, 0.25) is 0 Å². The third-order valence-electron chi connectivity index (χ3n) is 5.75. The van der Waals surface area contributed by atoms with Gasteiger partial charge in [0.1, 0.15) is 11.2 Å². The number of hydrogen-bond donors (Lipinski definition) is 2. The first-order chi connectivity index (χ1) is 15.1. The summed E-state index contributed by atoms with van der Waals surface area (Å²) in [4.78, 5) is 38.7. The number of carbonyl (C=O) groups excluding carboxylic acids is 3. The molecule has 0 atom stereocenters. The SMILES string of the molecule is C#CC(CC)(CC)NC(=O)C(=O)c1c(C)c(C(=O)Nc2ccc(F)c(F)c2)n(CC)c1C. The molecule has 0 aliphatic heterocycles. The Morgan fingerprint density at radius 2 is 1.72 bits per heavy atom. The predicted octanol–water partition coefficient (Wildman–Crippen LogP) is 4.15. The second-order valence-corrected chi connectivity index (χ2v) is 7.48. The van der Waals surface area contributed by atoms with Gasteiger partial charge >= 0.3 is 0 Å². The lowest BCUT2D eigenvalue weighted by atomic mass is 9.93. The number of ketones is 1. The lowest BCUT2D eigenvalue weighted by molar-refractivity contribution is -0.118. The first-order valence-corrected chi connectivity index (χ1v) is 10.4. The molecule has 1 heterocycles. The highest BCUT2D eigenvalue weighted by atomic mass is 19.2. The van der Waals surface area contributed by atoms with E-state index in [4.69, 9.17) is 6.42 Å². The zero-order valence-electron chi connectivity index (χ0n) is 18.9. The van der Waals surface area contributed by atoms with Crippen LogP contribution in [-0.2, 0) is 11.3 Å². The molecule has 0 unspecified atom stereocenters. The lowest BCUT2D eigenvalue weighted by Gasteiger charge is -2.26. The summed E-state index contributed by atoms with van der Waals surface area (Å²) in [7, 11) is 0. The van der Waals surface area contributed by atoms with Crippen LogP contribution in [-0.4, -0.2) is 27.7 Å². The van der Waals surface area contributed by atoms with Gasteiger partial charge in [0.15, 0.2) is 11.6 Å². The maximum Gasteiger partial charge on any atom is 0.293 e. The Morgan fingerprint density at radius 3 is 2.22 bits per heavy atom. The molecule has 0 spiro atoms. The highest BCUT2D eigenvalue weighted by Crippen LogP contribution is 2.25. The fourth-order valence-electron chi connectivity index (χ4n) is 3.74. The molecule has 0 aliphatic rings. The third-order valence-corrected chi connectivity index (χ3v) is 5.75. The minimum Gasteiger partial charge on any atom is -0.340 e. The van der Waals surface area contributed by atoms with E-state index in [0.29, 0.717) is 30.6 Å². The van der Waals surface area contributed by atoms with Crippen LogP contribution in [0.15, 0.2) is 18.2 Å². The van der Waals surface area contributed by atoms with E-state index >= 15 is 0 Å². The first-order valence-electron chi connectivity index (χ1n) is 10.4. The zero-order valence-corrected chi connectivity index (χ0v) is 18.9. The molecule has 1 aromatic heterocycles. The van der Waals surface area contributed by atoms with Crippen molar-refractivity contribution in [2.75, 3.05) is 5.32 Å². The number of nitrogens with zero attached hydrogens (tertiary/aromatic N) is 1. The van der Waals surface area contributed by atoms with Gasteiger partial charge in [-0.1, -0.05) is 19.8 Å². The quantitative estimate of drug-likeness (QED) is 0.366. The van der Waals surface area contributed by atoms with Crippen LogP contribution in [0.1, 0.15) is 65.7 Å². The topological polar surface area (TPSA) is 80.2 Å². The van der Waals surface area contributed by atoms with Crippen molar-refractivity contribution < 1.29 is 23.2 Å². The van der Waals surface area contributed by atoms with Crippen molar-refractivity contribution in [2.24, 2.45) is 0 Å². The number of nitrogens with one attached hydrogen (secondary N) is 2. The number of halogens is 2. The second kappa shape index (κ2) is 9.77. The van der Waals surface area contributed by atoms with Crippen molar-refractivity contribution in [3.8, 4) is 12.3 Å². The minimum absolute atomic E-state index is 0.0603. The Balaban J connectivity index is 2.44. The van der Waals surface area contributed by atoms with E-state index in [9.17, 15) is 23.2 Å². The van der Waals surface area contributed by atoms with Gasteiger partial charge in [-0.2, -0.15) is 0 Å². The molecule has 0 bridgehead atoms. The van der Waals surface area contributed by atoms with Crippen molar-refractivity contribution >= 4 is 23.3 Å². The van der Waals surface area contributed by atoms with E-state index in [-0.39, 0.29) is 16.9 Å². The van der Waals surface area contributed by atoms with Crippen LogP contribution in [0.5, 0.6) is 0 Å². The van der Waals surface area contributed by atoms with E-state index in [1.807, 2.05) is 13.8 Å². The van der Waals surface area contributed by atoms with Gasteiger partial charge in [0.25, 0.3) is 17.6 Å².